The fourth-order valence-corrected chi connectivity index (χ4v) is 2.34. The number of carbonyl (C=O) groups is 2. The Hall–Kier alpha value is -1.30. The number of hydrazine groups is 1. The maximum Gasteiger partial charge on any atom is 0.329 e. The van der Waals surface area contributed by atoms with E-state index >= 15 is 0 Å². The van der Waals surface area contributed by atoms with E-state index in [4.69, 9.17) is 5.11 Å². The highest BCUT2D eigenvalue weighted by Crippen LogP contribution is 2.20. The Morgan fingerprint density at radius 1 is 1.21 bits per heavy atom. The van der Waals surface area contributed by atoms with E-state index in [1.54, 1.807) is 13.8 Å². The molecule has 1 heterocycles. The van der Waals surface area contributed by atoms with Crippen molar-refractivity contribution in [3.8, 4) is 0 Å². The van der Waals surface area contributed by atoms with Crippen molar-refractivity contribution in [2.45, 2.75) is 65.1 Å². The summed E-state index contributed by atoms with van der Waals surface area (Å²) < 4.78 is 0. The van der Waals surface area contributed by atoms with Crippen LogP contribution in [0.1, 0.15) is 47.0 Å². The van der Waals surface area contributed by atoms with E-state index in [1.165, 1.54) is 6.42 Å². The summed E-state index contributed by atoms with van der Waals surface area (Å²) in [4.78, 5) is 22.7. The van der Waals surface area contributed by atoms with Gasteiger partial charge in [0.25, 0.3) is 0 Å². The molecule has 0 radical (unpaired) electrons. The van der Waals surface area contributed by atoms with Gasteiger partial charge in [-0.25, -0.2) is 9.80 Å². The van der Waals surface area contributed by atoms with Crippen LogP contribution in [0.5, 0.6) is 0 Å². The summed E-state index contributed by atoms with van der Waals surface area (Å²) in [6.07, 6.45) is 3.30. The van der Waals surface area contributed by atoms with E-state index in [2.05, 4.69) is 24.6 Å². The van der Waals surface area contributed by atoms with E-state index < -0.39 is 17.9 Å². The Morgan fingerprint density at radius 2 is 1.74 bits per heavy atom. The second-order valence-corrected chi connectivity index (χ2v) is 5.54. The molecule has 0 saturated carbocycles. The second kappa shape index (κ2) is 6.75. The van der Waals surface area contributed by atoms with Crippen LogP contribution >= 0.6 is 0 Å². The fraction of sp³-hybridized carbons (Fsp3) is 0.846. The molecule has 1 rings (SSSR count). The third kappa shape index (κ3) is 4.38. The molecule has 4 atom stereocenters. The minimum atomic E-state index is -0.910. The normalized spacial score (nSPS) is 27.4. The van der Waals surface area contributed by atoms with Crippen LogP contribution in [0.15, 0.2) is 0 Å². The zero-order valence-corrected chi connectivity index (χ0v) is 12.1. The maximum absolute atomic E-state index is 11.9. The molecule has 6 heteroatoms. The first kappa shape index (κ1) is 15.8. The van der Waals surface area contributed by atoms with Crippen LogP contribution in [0.3, 0.4) is 0 Å². The van der Waals surface area contributed by atoms with E-state index in [0.29, 0.717) is 12.1 Å². The highest BCUT2D eigenvalue weighted by atomic mass is 16.4. The molecule has 0 aromatic rings. The van der Waals surface area contributed by atoms with Crippen molar-refractivity contribution in [2.24, 2.45) is 5.92 Å². The Labute approximate surface area is 114 Å². The summed E-state index contributed by atoms with van der Waals surface area (Å²) >= 11 is 0. The van der Waals surface area contributed by atoms with Gasteiger partial charge in [-0.05, 0) is 40.5 Å². The lowest BCUT2D eigenvalue weighted by Gasteiger charge is -2.38. The molecule has 110 valence electrons. The van der Waals surface area contributed by atoms with E-state index in [9.17, 15) is 9.59 Å². The topological polar surface area (TPSA) is 81.7 Å². The van der Waals surface area contributed by atoms with Gasteiger partial charge >= 0.3 is 12.0 Å². The Bertz CT molecular complexity index is 325. The molecule has 1 fully saturated rings. The van der Waals surface area contributed by atoms with Crippen molar-refractivity contribution in [1.29, 1.82) is 0 Å². The van der Waals surface area contributed by atoms with Crippen LogP contribution in [0.2, 0.25) is 0 Å². The molecule has 2 amide bonds. The number of amides is 2. The van der Waals surface area contributed by atoms with Gasteiger partial charge in [-0.15, -0.1) is 0 Å². The van der Waals surface area contributed by atoms with Crippen LogP contribution in [0.4, 0.5) is 4.79 Å². The van der Waals surface area contributed by atoms with Crippen molar-refractivity contribution in [2.75, 3.05) is 0 Å². The molecule has 6 nitrogen and oxygen atoms in total. The van der Waals surface area contributed by atoms with Crippen molar-refractivity contribution < 1.29 is 14.7 Å². The molecule has 0 bridgehead atoms. The third-order valence-corrected chi connectivity index (χ3v) is 3.92. The van der Waals surface area contributed by atoms with Gasteiger partial charge in [-0.1, -0.05) is 6.42 Å². The van der Waals surface area contributed by atoms with Gasteiger partial charge in [-0.3, -0.25) is 10.2 Å². The van der Waals surface area contributed by atoms with Crippen LogP contribution in [-0.2, 0) is 4.79 Å². The highest BCUT2D eigenvalue weighted by Gasteiger charge is 2.27. The summed E-state index contributed by atoms with van der Waals surface area (Å²) in [5.74, 6) is -1.52. The summed E-state index contributed by atoms with van der Waals surface area (Å²) in [5, 5.41) is 13.5. The molecular formula is C13H25N3O3. The van der Waals surface area contributed by atoms with Crippen LogP contribution in [0.25, 0.3) is 0 Å². The number of hydrogen-bond donors (Lipinski definition) is 3. The average Bonchev–Trinajstić information content (AvgIpc) is 2.32. The predicted octanol–water partition coefficient (Wildman–Crippen LogP) is 1.57. The van der Waals surface area contributed by atoms with Gasteiger partial charge in [0.1, 0.15) is 0 Å². The summed E-state index contributed by atoms with van der Waals surface area (Å²) in [6.45, 7) is 7.44. The molecule has 0 aromatic heterocycles. The maximum atomic E-state index is 11.9. The van der Waals surface area contributed by atoms with E-state index in [-0.39, 0.29) is 6.03 Å². The smallest absolute Gasteiger partial charge is 0.329 e. The number of carboxylic acids is 1. The van der Waals surface area contributed by atoms with Crippen molar-refractivity contribution >= 4 is 12.0 Å². The number of nitrogens with one attached hydrogen (secondary N) is 2. The summed E-state index contributed by atoms with van der Waals surface area (Å²) in [6, 6.07) is -0.127. The zero-order valence-electron chi connectivity index (χ0n) is 12.1. The van der Waals surface area contributed by atoms with Crippen LogP contribution in [0, 0.1) is 5.92 Å². The van der Waals surface area contributed by atoms with Crippen LogP contribution < -0.4 is 10.7 Å². The number of nitrogens with zero attached hydrogens (tertiary/aromatic N) is 1. The zero-order chi connectivity index (χ0) is 14.6. The summed E-state index contributed by atoms with van der Waals surface area (Å²) in [5.41, 5.74) is 2.83. The minimum Gasteiger partial charge on any atom is -0.481 e. The molecule has 4 unspecified atom stereocenters. The van der Waals surface area contributed by atoms with Gasteiger partial charge in [0, 0.05) is 18.1 Å². The molecule has 0 aliphatic carbocycles. The average molecular weight is 271 g/mol. The van der Waals surface area contributed by atoms with E-state index in [0.717, 1.165) is 12.8 Å². The quantitative estimate of drug-likeness (QED) is 0.725. The molecule has 0 spiro atoms. The number of carbonyl (C=O) groups excluding carboxylic acids is 1. The number of carboxylic acid groups (broad SMARTS) is 1. The first-order chi connectivity index (χ1) is 8.82. The lowest BCUT2D eigenvalue weighted by atomic mass is 10.00. The number of hydrogen-bond acceptors (Lipinski definition) is 3. The Morgan fingerprint density at radius 3 is 2.21 bits per heavy atom. The predicted molar refractivity (Wildman–Crippen MR) is 72.5 cm³/mol. The third-order valence-electron chi connectivity index (χ3n) is 3.92. The van der Waals surface area contributed by atoms with Crippen LogP contribution in [-0.4, -0.2) is 40.2 Å². The molecule has 3 N–H and O–H groups in total. The molecular weight excluding hydrogens is 246 g/mol. The lowest BCUT2D eigenvalue weighted by molar-refractivity contribution is -0.141. The minimum absolute atomic E-state index is 0.307. The number of urea groups is 1. The number of aliphatic carboxylic acids is 1. The Kier molecular flexibility index (Phi) is 5.60. The summed E-state index contributed by atoms with van der Waals surface area (Å²) in [7, 11) is 0. The second-order valence-electron chi connectivity index (χ2n) is 5.54. The fourth-order valence-electron chi connectivity index (χ4n) is 2.34. The first-order valence-electron chi connectivity index (χ1n) is 6.91. The van der Waals surface area contributed by atoms with Gasteiger partial charge in [0.15, 0.2) is 0 Å². The SMILES string of the molecule is CC(NC(=O)NN1C(C)CCCC1C)C(C)C(=O)O. The number of piperidine rings is 1. The monoisotopic (exact) mass is 271 g/mol. The molecule has 19 heavy (non-hydrogen) atoms. The number of rotatable bonds is 4. The van der Waals surface area contributed by atoms with E-state index in [1.807, 2.05) is 5.01 Å². The van der Waals surface area contributed by atoms with Gasteiger partial charge < -0.3 is 10.4 Å². The van der Waals surface area contributed by atoms with Gasteiger partial charge in [-0.2, -0.15) is 0 Å². The lowest BCUT2D eigenvalue weighted by Crippen LogP contribution is -2.58. The molecule has 1 saturated heterocycles. The van der Waals surface area contributed by atoms with Crippen molar-refractivity contribution in [1.82, 2.24) is 15.8 Å². The van der Waals surface area contributed by atoms with Gasteiger partial charge in [0.05, 0.1) is 5.92 Å². The molecule has 1 aliphatic heterocycles. The largest absolute Gasteiger partial charge is 0.481 e. The Balaban J connectivity index is 2.48. The standard InChI is InChI=1S/C13H25N3O3/c1-8-6-5-7-9(2)16(8)15-13(19)14-11(4)10(3)12(17)18/h8-11H,5-7H2,1-4H3,(H,17,18)(H2,14,15,19). The molecule has 1 aliphatic rings. The van der Waals surface area contributed by atoms with Crippen molar-refractivity contribution in [3.63, 3.8) is 0 Å². The van der Waals surface area contributed by atoms with Gasteiger partial charge in [0.2, 0.25) is 0 Å². The highest BCUT2D eigenvalue weighted by molar-refractivity contribution is 5.76. The van der Waals surface area contributed by atoms with Crippen molar-refractivity contribution in [3.05, 3.63) is 0 Å². The molecule has 0 aromatic carbocycles. The first-order valence-corrected chi connectivity index (χ1v) is 6.91.